The second-order valence-electron chi connectivity index (χ2n) is 4.13. The molecule has 1 atom stereocenters. The summed E-state index contributed by atoms with van der Waals surface area (Å²) in [5, 5.41) is 2.64. The molecular weight excluding hydrogens is 234 g/mol. The number of anilines is 1. The van der Waals surface area contributed by atoms with Gasteiger partial charge in [0.05, 0.1) is 19.4 Å². The van der Waals surface area contributed by atoms with Crippen molar-refractivity contribution in [2.24, 2.45) is 0 Å². The molecule has 1 aromatic rings. The molecule has 0 aromatic heterocycles. The molecule has 1 amide bonds. The van der Waals surface area contributed by atoms with Gasteiger partial charge in [0, 0.05) is 24.1 Å². The zero-order chi connectivity index (χ0) is 13.1. The van der Waals surface area contributed by atoms with Gasteiger partial charge in [0.25, 0.3) is 0 Å². The fourth-order valence-corrected chi connectivity index (χ4v) is 2.01. The van der Waals surface area contributed by atoms with Crippen LogP contribution in [0.15, 0.2) is 12.1 Å². The van der Waals surface area contributed by atoms with E-state index in [2.05, 4.69) is 5.32 Å². The molecule has 0 aliphatic carbocycles. The number of fused-ring (bicyclic) bond motifs is 1. The van der Waals surface area contributed by atoms with Crippen molar-refractivity contribution in [3.05, 3.63) is 17.7 Å². The highest BCUT2D eigenvalue weighted by Crippen LogP contribution is 2.38. The van der Waals surface area contributed by atoms with E-state index in [1.807, 2.05) is 6.92 Å². The Kier molecular flexibility index (Phi) is 3.60. The first-order chi connectivity index (χ1) is 8.63. The van der Waals surface area contributed by atoms with Gasteiger partial charge >= 0.3 is 6.09 Å². The number of methoxy groups -OCH3 is 1. The molecule has 1 N–H and O–H groups in total. The van der Waals surface area contributed by atoms with Gasteiger partial charge in [0.2, 0.25) is 0 Å². The van der Waals surface area contributed by atoms with Crippen LogP contribution in [0.1, 0.15) is 19.4 Å². The van der Waals surface area contributed by atoms with Crippen molar-refractivity contribution in [1.29, 1.82) is 0 Å². The summed E-state index contributed by atoms with van der Waals surface area (Å²) < 4.78 is 15.8. The van der Waals surface area contributed by atoms with E-state index in [0.717, 1.165) is 23.5 Å². The van der Waals surface area contributed by atoms with Crippen molar-refractivity contribution < 1.29 is 19.0 Å². The average Bonchev–Trinajstić information content (AvgIpc) is 2.68. The molecule has 0 saturated carbocycles. The molecule has 0 radical (unpaired) electrons. The third-order valence-electron chi connectivity index (χ3n) is 2.73. The highest BCUT2D eigenvalue weighted by molar-refractivity contribution is 5.85. The van der Waals surface area contributed by atoms with Gasteiger partial charge < -0.3 is 14.2 Å². The number of nitrogens with one attached hydrogen (secondary N) is 1. The quantitative estimate of drug-likeness (QED) is 0.897. The summed E-state index contributed by atoms with van der Waals surface area (Å²) in [6.07, 6.45) is 0.468. The van der Waals surface area contributed by atoms with Crippen LogP contribution in [-0.2, 0) is 11.2 Å². The van der Waals surface area contributed by atoms with E-state index in [9.17, 15) is 4.79 Å². The fraction of sp³-hybridized carbons (Fsp3) is 0.462. The molecule has 1 unspecified atom stereocenters. The van der Waals surface area contributed by atoms with Gasteiger partial charge in [0.1, 0.15) is 17.6 Å². The number of rotatable bonds is 3. The van der Waals surface area contributed by atoms with E-state index < -0.39 is 6.09 Å². The SMILES string of the molecule is CCOC(=O)Nc1cc(OC)c2c(c1)OC(C)C2. The summed E-state index contributed by atoms with van der Waals surface area (Å²) in [5.41, 5.74) is 1.65. The molecule has 18 heavy (non-hydrogen) atoms. The van der Waals surface area contributed by atoms with Gasteiger partial charge in [-0.25, -0.2) is 4.79 Å². The number of hydrogen-bond donors (Lipinski definition) is 1. The molecule has 0 fully saturated rings. The third-order valence-corrected chi connectivity index (χ3v) is 2.73. The number of hydrogen-bond acceptors (Lipinski definition) is 4. The summed E-state index contributed by atoms with van der Waals surface area (Å²) >= 11 is 0. The molecule has 1 heterocycles. The van der Waals surface area contributed by atoms with Gasteiger partial charge in [-0.05, 0) is 13.8 Å². The highest BCUT2D eigenvalue weighted by Gasteiger charge is 2.24. The lowest BCUT2D eigenvalue weighted by molar-refractivity contribution is 0.168. The van der Waals surface area contributed by atoms with Crippen molar-refractivity contribution in [3.8, 4) is 11.5 Å². The van der Waals surface area contributed by atoms with E-state index in [4.69, 9.17) is 14.2 Å². The molecule has 5 heteroatoms. The van der Waals surface area contributed by atoms with Crippen LogP contribution in [0.4, 0.5) is 10.5 Å². The third kappa shape index (κ3) is 2.50. The van der Waals surface area contributed by atoms with Crippen LogP contribution >= 0.6 is 0 Å². The first kappa shape index (κ1) is 12.5. The Morgan fingerprint density at radius 1 is 1.56 bits per heavy atom. The lowest BCUT2D eigenvalue weighted by atomic mass is 10.1. The smallest absolute Gasteiger partial charge is 0.411 e. The standard InChI is InChI=1S/C13H17NO4/c1-4-17-13(15)14-9-6-11(16-3)10-5-8(2)18-12(10)7-9/h6-8H,4-5H2,1-3H3,(H,14,15). The van der Waals surface area contributed by atoms with E-state index >= 15 is 0 Å². The molecule has 2 rings (SSSR count). The van der Waals surface area contributed by atoms with Gasteiger partial charge in [-0.1, -0.05) is 0 Å². The van der Waals surface area contributed by atoms with E-state index in [1.54, 1.807) is 26.2 Å². The first-order valence-electron chi connectivity index (χ1n) is 5.95. The Labute approximate surface area is 106 Å². The summed E-state index contributed by atoms with van der Waals surface area (Å²) in [6.45, 7) is 4.09. The Bertz CT molecular complexity index is 459. The summed E-state index contributed by atoms with van der Waals surface area (Å²) in [5.74, 6) is 1.48. The van der Waals surface area contributed by atoms with Crippen LogP contribution in [0.3, 0.4) is 0 Å². The van der Waals surface area contributed by atoms with Crippen LogP contribution in [0.5, 0.6) is 11.5 Å². The summed E-state index contributed by atoms with van der Waals surface area (Å²) in [4.78, 5) is 11.4. The van der Waals surface area contributed by atoms with Crippen LogP contribution in [-0.4, -0.2) is 25.9 Å². The highest BCUT2D eigenvalue weighted by atomic mass is 16.5. The minimum absolute atomic E-state index is 0.131. The number of benzene rings is 1. The molecule has 1 aromatic carbocycles. The Morgan fingerprint density at radius 2 is 2.33 bits per heavy atom. The number of amides is 1. The molecule has 98 valence electrons. The maximum absolute atomic E-state index is 11.4. The zero-order valence-corrected chi connectivity index (χ0v) is 10.8. The van der Waals surface area contributed by atoms with Crippen molar-refractivity contribution >= 4 is 11.8 Å². The Balaban J connectivity index is 2.23. The molecule has 0 spiro atoms. The van der Waals surface area contributed by atoms with Crippen LogP contribution in [0.2, 0.25) is 0 Å². The first-order valence-corrected chi connectivity index (χ1v) is 5.95. The topological polar surface area (TPSA) is 56.8 Å². The maximum Gasteiger partial charge on any atom is 0.411 e. The van der Waals surface area contributed by atoms with Gasteiger partial charge in [-0.3, -0.25) is 5.32 Å². The van der Waals surface area contributed by atoms with Gasteiger partial charge in [-0.2, -0.15) is 0 Å². The van der Waals surface area contributed by atoms with Gasteiger partial charge in [-0.15, -0.1) is 0 Å². The second kappa shape index (κ2) is 5.16. The molecule has 5 nitrogen and oxygen atoms in total. The van der Waals surface area contributed by atoms with E-state index in [-0.39, 0.29) is 6.10 Å². The molecule has 1 aliphatic rings. The largest absolute Gasteiger partial charge is 0.496 e. The monoisotopic (exact) mass is 251 g/mol. The zero-order valence-electron chi connectivity index (χ0n) is 10.8. The van der Waals surface area contributed by atoms with Crippen LogP contribution < -0.4 is 14.8 Å². The number of ether oxygens (including phenoxy) is 3. The molecule has 1 aliphatic heterocycles. The molecule has 0 saturated heterocycles. The maximum atomic E-state index is 11.4. The predicted molar refractivity (Wildman–Crippen MR) is 67.4 cm³/mol. The second-order valence-corrected chi connectivity index (χ2v) is 4.13. The van der Waals surface area contributed by atoms with Crippen molar-refractivity contribution in [2.75, 3.05) is 19.0 Å². The Hall–Kier alpha value is -1.91. The van der Waals surface area contributed by atoms with Crippen molar-refractivity contribution in [3.63, 3.8) is 0 Å². The van der Waals surface area contributed by atoms with Crippen LogP contribution in [0, 0.1) is 0 Å². The normalized spacial score (nSPS) is 16.7. The summed E-state index contributed by atoms with van der Waals surface area (Å²) in [6, 6.07) is 3.56. The Morgan fingerprint density at radius 3 is 3.00 bits per heavy atom. The van der Waals surface area contributed by atoms with E-state index in [1.165, 1.54) is 0 Å². The minimum atomic E-state index is -0.481. The molecular formula is C13H17NO4. The lowest BCUT2D eigenvalue weighted by Gasteiger charge is -2.10. The number of carbonyl (C=O) groups excluding carboxylic acids is 1. The van der Waals surface area contributed by atoms with Crippen molar-refractivity contribution in [1.82, 2.24) is 0 Å². The predicted octanol–water partition coefficient (Wildman–Crippen LogP) is 2.59. The van der Waals surface area contributed by atoms with Gasteiger partial charge in [0.15, 0.2) is 0 Å². The summed E-state index contributed by atoms with van der Waals surface area (Å²) in [7, 11) is 1.60. The van der Waals surface area contributed by atoms with E-state index in [0.29, 0.717) is 12.3 Å². The van der Waals surface area contributed by atoms with Crippen molar-refractivity contribution in [2.45, 2.75) is 26.4 Å². The minimum Gasteiger partial charge on any atom is -0.496 e. The number of carbonyl (C=O) groups is 1. The molecule has 0 bridgehead atoms. The lowest BCUT2D eigenvalue weighted by Crippen LogP contribution is -2.13. The average molecular weight is 251 g/mol. The fourth-order valence-electron chi connectivity index (χ4n) is 2.01. The van der Waals surface area contributed by atoms with Crippen LogP contribution in [0.25, 0.3) is 0 Å².